The molecule has 366 valence electrons. The Morgan fingerprint density at radius 3 is 1.61 bits per heavy atom. The van der Waals surface area contributed by atoms with Gasteiger partial charge < -0.3 is 86.0 Å². The third-order valence-electron chi connectivity index (χ3n) is 13.9. The van der Waals surface area contributed by atoms with Gasteiger partial charge >= 0.3 is 0 Å². The number of carbonyl (C=O) groups is 4. The average molecular weight is 964 g/mol. The second-order valence-corrected chi connectivity index (χ2v) is 18.3. The number of hydrogen-bond acceptors (Lipinski definition) is 17. The molecule has 21 heteroatoms. The Labute approximate surface area is 397 Å². The van der Waals surface area contributed by atoms with Crippen molar-refractivity contribution in [1.82, 2.24) is 26.2 Å². The van der Waals surface area contributed by atoms with E-state index in [0.29, 0.717) is 17.7 Å². The van der Waals surface area contributed by atoms with Crippen molar-refractivity contribution in [2.45, 2.75) is 79.2 Å². The minimum absolute atomic E-state index is 0.0195. The van der Waals surface area contributed by atoms with E-state index >= 15 is 0 Å². The number of phenolic OH excluding ortho intramolecular Hbond substituents is 2. The van der Waals surface area contributed by atoms with E-state index < -0.39 is 108 Å². The summed E-state index contributed by atoms with van der Waals surface area (Å²) in [5.41, 5.74) is 1.80. The zero-order valence-electron chi connectivity index (χ0n) is 37.3. The third kappa shape index (κ3) is 7.71. The highest BCUT2D eigenvalue weighted by Gasteiger charge is 2.56. The fourth-order valence-corrected chi connectivity index (χ4v) is 10.6. The van der Waals surface area contributed by atoms with Crippen LogP contribution in [0.3, 0.4) is 0 Å². The number of aliphatic hydroxyl groups excluding tert-OH is 6. The number of nitrogens with one attached hydrogen (secondary N) is 4. The van der Waals surface area contributed by atoms with Gasteiger partial charge in [0.2, 0.25) is 25.1 Å². The van der Waals surface area contributed by atoms with Crippen LogP contribution in [0.1, 0.15) is 70.0 Å². The Morgan fingerprint density at radius 1 is 0.600 bits per heavy atom. The van der Waals surface area contributed by atoms with Crippen molar-refractivity contribution in [3.63, 3.8) is 0 Å². The topological polar surface area (TPSA) is 318 Å². The molecule has 6 aliphatic rings. The maximum absolute atomic E-state index is 13.4. The van der Waals surface area contributed by atoms with Gasteiger partial charge in [-0.3, -0.25) is 19.2 Å². The molecule has 4 heterocycles. The van der Waals surface area contributed by atoms with Crippen LogP contribution < -0.4 is 40.2 Å². The van der Waals surface area contributed by atoms with Gasteiger partial charge in [0.15, 0.2) is 23.0 Å². The van der Waals surface area contributed by atoms with Gasteiger partial charge in [-0.15, -0.1) is 0 Å². The van der Waals surface area contributed by atoms with E-state index in [9.17, 15) is 60.0 Å². The predicted octanol–water partition coefficient (Wildman–Crippen LogP) is -0.362. The molecule has 0 spiro atoms. The molecule has 12 atom stereocenters. The summed E-state index contributed by atoms with van der Waals surface area (Å²) in [7, 11) is 3.75. The van der Waals surface area contributed by atoms with E-state index in [4.69, 9.17) is 18.9 Å². The molecule has 0 unspecified atom stereocenters. The number of carbonyl (C=O) groups excluding carboxylic acids is 4. The van der Waals surface area contributed by atoms with E-state index in [1.807, 2.05) is 55.4 Å². The summed E-state index contributed by atoms with van der Waals surface area (Å²) < 4.78 is 21.3. The lowest BCUT2D eigenvalue weighted by atomic mass is 9.68. The lowest BCUT2D eigenvalue weighted by molar-refractivity contribution is -0.117. The van der Waals surface area contributed by atoms with E-state index in [2.05, 4.69) is 21.3 Å². The molecule has 12 N–H and O–H groups in total. The van der Waals surface area contributed by atoms with Crippen molar-refractivity contribution < 1.29 is 79.0 Å². The molecule has 2 fully saturated rings. The fraction of sp³-hybridized carbons (Fsp3) is 0.347. The fourth-order valence-electron chi connectivity index (χ4n) is 10.6. The minimum Gasteiger partial charge on any atom is -0.504 e. The number of aromatic hydroxyl groups is 2. The Kier molecular flexibility index (Phi) is 11.9. The monoisotopic (exact) mass is 963 g/mol. The number of hydrogen-bond donors (Lipinski definition) is 12. The highest BCUT2D eigenvalue weighted by atomic mass is 16.7. The smallest absolute Gasteiger partial charge is 0.255 e. The van der Waals surface area contributed by atoms with Crippen molar-refractivity contribution in [1.29, 1.82) is 0 Å². The van der Waals surface area contributed by atoms with E-state index in [-0.39, 0.29) is 58.8 Å². The van der Waals surface area contributed by atoms with Crippen LogP contribution in [-0.2, 0) is 6.54 Å². The molecule has 0 bridgehead atoms. The zero-order chi connectivity index (χ0) is 49.4. The predicted molar refractivity (Wildman–Crippen MR) is 243 cm³/mol. The maximum Gasteiger partial charge on any atom is 0.255 e. The number of nitrogens with zero attached hydrogens (tertiary/aromatic N) is 1. The summed E-state index contributed by atoms with van der Waals surface area (Å²) in [6.45, 7) is 0.211. The molecule has 21 nitrogen and oxygen atoms in total. The van der Waals surface area contributed by atoms with Gasteiger partial charge in [-0.25, -0.2) is 0 Å². The summed E-state index contributed by atoms with van der Waals surface area (Å²) in [6.07, 6.45) is -9.44. The molecule has 11 rings (SSSR count). The molecule has 2 aliphatic carbocycles. The van der Waals surface area contributed by atoms with Gasteiger partial charge in [-0.2, -0.15) is 0 Å². The van der Waals surface area contributed by atoms with Crippen LogP contribution in [0.15, 0.2) is 78.9 Å². The second-order valence-electron chi connectivity index (χ2n) is 18.3. The van der Waals surface area contributed by atoms with Gasteiger partial charge in [0.05, 0.1) is 35.3 Å². The van der Waals surface area contributed by atoms with Crippen molar-refractivity contribution in [2.75, 3.05) is 27.7 Å². The highest BCUT2D eigenvalue weighted by molar-refractivity contribution is 6.03. The van der Waals surface area contributed by atoms with Gasteiger partial charge in [-0.1, -0.05) is 48.5 Å². The maximum atomic E-state index is 13.4. The minimum atomic E-state index is -1.64. The number of ether oxygens (including phenoxy) is 4. The Morgan fingerprint density at radius 2 is 1.09 bits per heavy atom. The van der Waals surface area contributed by atoms with E-state index in [0.717, 1.165) is 16.3 Å². The quantitative estimate of drug-likeness (QED) is 0.103. The van der Waals surface area contributed by atoms with Crippen LogP contribution in [-0.4, -0.2) is 158 Å². The standard InChI is InChI=1S/C25H22N2O8.C24H27N3O8/c28-19-16-13(8-14-23(19)35-9-34-14)15-17(20(29)22(31)21(30)18(15)27-25(16)33)26-24(32)12-6-5-10-3-1-2-4-11(10)7-12;1-27(2)8-10-5-3-4-6-11(10)23(32)25-16-14-12-7-13-22(35-9-34-13)18(28)15(12)24(33)26-17(14)20(30)21(31)19(16)29/h1-8,15,17-18,20-22,28-31H,9H2,(H,26,32)(H,27,33);3-7,14,16-17,19-21,28-31H,8-9H2,1-2H3,(H,25,32)(H,26,33)/t15-,17+,18+,20-,21-,22+;14-,16+,17+,19-,20-,21+/m00/s1. The first-order chi connectivity index (χ1) is 33.5. The number of rotatable bonds is 6. The van der Waals surface area contributed by atoms with Crippen molar-refractivity contribution in [2.24, 2.45) is 0 Å². The molecule has 4 amide bonds. The van der Waals surface area contributed by atoms with Crippen LogP contribution in [0, 0.1) is 0 Å². The normalized spacial score (nSPS) is 28.8. The lowest BCUT2D eigenvalue weighted by Gasteiger charge is -2.49. The molecular formula is C49H49N5O16. The number of aliphatic hydroxyl groups is 6. The Bertz CT molecular complexity index is 2950. The van der Waals surface area contributed by atoms with Crippen LogP contribution in [0.4, 0.5) is 0 Å². The molecule has 0 aromatic heterocycles. The summed E-state index contributed by atoms with van der Waals surface area (Å²) in [6, 6.07) is 18.4. The van der Waals surface area contributed by atoms with E-state index in [1.54, 1.807) is 30.3 Å². The molecule has 70 heavy (non-hydrogen) atoms. The second kappa shape index (κ2) is 17.9. The number of amides is 4. The van der Waals surface area contributed by atoms with Crippen molar-refractivity contribution in [3.8, 4) is 34.5 Å². The first-order valence-corrected chi connectivity index (χ1v) is 22.4. The molecule has 4 aliphatic heterocycles. The zero-order valence-corrected chi connectivity index (χ0v) is 37.3. The average Bonchev–Trinajstić information content (AvgIpc) is 4.04. The van der Waals surface area contributed by atoms with Crippen LogP contribution in [0.5, 0.6) is 34.5 Å². The van der Waals surface area contributed by atoms with Gasteiger partial charge in [0, 0.05) is 29.5 Å². The van der Waals surface area contributed by atoms with Crippen molar-refractivity contribution in [3.05, 3.63) is 118 Å². The Hall–Kier alpha value is -7.24. The molecule has 5 aromatic carbocycles. The van der Waals surface area contributed by atoms with Gasteiger partial charge in [0.25, 0.3) is 23.6 Å². The first-order valence-electron chi connectivity index (χ1n) is 22.4. The third-order valence-corrected chi connectivity index (χ3v) is 13.9. The van der Waals surface area contributed by atoms with Crippen molar-refractivity contribution >= 4 is 34.4 Å². The number of phenols is 2. The number of fused-ring (bicyclic) bond motifs is 9. The van der Waals surface area contributed by atoms with Gasteiger partial charge in [-0.05, 0) is 71.9 Å². The largest absolute Gasteiger partial charge is 0.504 e. The molecule has 0 saturated heterocycles. The highest BCUT2D eigenvalue weighted by Crippen LogP contribution is 2.52. The summed E-state index contributed by atoms with van der Waals surface area (Å²) in [4.78, 5) is 54.3. The van der Waals surface area contributed by atoms with E-state index in [1.165, 1.54) is 12.1 Å². The lowest BCUT2D eigenvalue weighted by Crippen LogP contribution is -2.69. The molecule has 5 aromatic rings. The molecular weight excluding hydrogens is 915 g/mol. The molecule has 2 saturated carbocycles. The first kappa shape index (κ1) is 46.5. The summed E-state index contributed by atoms with van der Waals surface area (Å²) in [5.74, 6) is -4.55. The number of benzene rings is 5. The summed E-state index contributed by atoms with van der Waals surface area (Å²) >= 11 is 0. The Balaban J connectivity index is 0.000000162. The van der Waals surface area contributed by atoms with Crippen LogP contribution in [0.2, 0.25) is 0 Å². The van der Waals surface area contributed by atoms with Crippen LogP contribution >= 0.6 is 0 Å². The summed E-state index contributed by atoms with van der Waals surface area (Å²) in [5, 5.41) is 98.4. The SMILES string of the molecule is CN(C)Cc1ccccc1C(=O)N[C@H]1[C@H](O)[C@@H](O)[C@@H](O)[C@@H]2NC(=O)c3c(cc4c(c3O)OCO4)[C@@H]12.O=C(N[C@H]1[C@H](O)[C@@H](O)[C@@H](O)[C@@H]2NC(=O)c3c(cc4c(c3O)OCO4)[C@@H]12)c1ccc2ccccc2c1. The molecule has 0 radical (unpaired) electrons. The van der Waals surface area contributed by atoms with Gasteiger partial charge in [0.1, 0.15) is 36.6 Å². The van der Waals surface area contributed by atoms with Crippen LogP contribution in [0.25, 0.3) is 10.8 Å².